The number of carbonyl (C=O) groups excluding carboxylic acids is 1. The summed E-state index contributed by atoms with van der Waals surface area (Å²) in [4.78, 5) is 11.6. The van der Waals surface area contributed by atoms with Gasteiger partial charge in [-0.15, -0.1) is 10.2 Å². The van der Waals surface area contributed by atoms with Crippen molar-refractivity contribution in [1.82, 2.24) is 10.2 Å². The molecule has 6 heteroatoms. The number of hydrogen-bond acceptors (Lipinski definition) is 5. The third-order valence-corrected chi connectivity index (χ3v) is 3.02. The fourth-order valence-electron chi connectivity index (χ4n) is 1.46. The number of hydrogen-bond donors (Lipinski definition) is 0. The summed E-state index contributed by atoms with van der Waals surface area (Å²) in [6, 6.07) is 10.9. The molecule has 0 aliphatic heterocycles. The van der Waals surface area contributed by atoms with E-state index in [1.54, 1.807) is 0 Å². The third-order valence-electron chi connectivity index (χ3n) is 2.23. The maximum absolute atomic E-state index is 11.6. The summed E-state index contributed by atoms with van der Waals surface area (Å²) in [6.45, 7) is 1.88. The van der Waals surface area contributed by atoms with Gasteiger partial charge in [0.25, 0.3) is 0 Å². The molecular weight excluding hydrogens is 284 g/mol. The van der Waals surface area contributed by atoms with Crippen molar-refractivity contribution in [3.8, 4) is 17.0 Å². The maximum Gasteiger partial charge on any atom is 0.372 e. The Labute approximate surface area is 120 Å². The first-order valence-electron chi connectivity index (χ1n) is 5.64. The van der Waals surface area contributed by atoms with Gasteiger partial charge in [-0.25, -0.2) is 4.79 Å². The van der Waals surface area contributed by atoms with Crippen molar-refractivity contribution in [1.29, 1.82) is 0 Å². The summed E-state index contributed by atoms with van der Waals surface area (Å²) in [5, 5.41) is 7.58. The fourth-order valence-corrected chi connectivity index (χ4v) is 1.98. The Morgan fingerprint density at radius 1 is 1.32 bits per heavy atom. The first-order valence-corrected chi connectivity index (χ1v) is 7.00. The number of nitrogens with zero attached hydrogens (tertiary/aromatic N) is 2. The first-order chi connectivity index (χ1) is 9.20. The molecule has 0 N–H and O–H groups in total. The van der Waals surface area contributed by atoms with Crippen molar-refractivity contribution >= 4 is 28.7 Å². The van der Waals surface area contributed by atoms with Gasteiger partial charge in [-0.3, -0.25) is 0 Å². The SMILES string of the molecule is CCSC(=O)Oc1cc(Cl)nnc1-c1ccccc1. The van der Waals surface area contributed by atoms with Crippen molar-refractivity contribution in [2.24, 2.45) is 0 Å². The molecule has 2 aromatic rings. The summed E-state index contributed by atoms with van der Waals surface area (Å²) in [5.41, 5.74) is 1.31. The number of ether oxygens (including phenoxy) is 1. The lowest BCUT2D eigenvalue weighted by atomic mass is 10.1. The van der Waals surface area contributed by atoms with E-state index in [1.165, 1.54) is 6.07 Å². The molecule has 0 bridgehead atoms. The van der Waals surface area contributed by atoms with E-state index in [-0.39, 0.29) is 10.5 Å². The van der Waals surface area contributed by atoms with Crippen LogP contribution in [0.5, 0.6) is 5.75 Å². The summed E-state index contributed by atoms with van der Waals surface area (Å²) >= 11 is 6.88. The molecule has 0 radical (unpaired) electrons. The largest absolute Gasteiger partial charge is 0.416 e. The maximum atomic E-state index is 11.6. The highest BCUT2D eigenvalue weighted by molar-refractivity contribution is 8.13. The molecular formula is C13H11ClN2O2S. The molecule has 0 aliphatic carbocycles. The van der Waals surface area contributed by atoms with Crippen LogP contribution in [-0.2, 0) is 0 Å². The minimum atomic E-state index is -0.385. The van der Waals surface area contributed by atoms with E-state index < -0.39 is 0 Å². The highest BCUT2D eigenvalue weighted by Gasteiger charge is 2.13. The van der Waals surface area contributed by atoms with Gasteiger partial charge in [0.2, 0.25) is 0 Å². The van der Waals surface area contributed by atoms with E-state index in [1.807, 2.05) is 37.3 Å². The van der Waals surface area contributed by atoms with Gasteiger partial charge < -0.3 is 4.74 Å². The Morgan fingerprint density at radius 3 is 2.74 bits per heavy atom. The van der Waals surface area contributed by atoms with Crippen LogP contribution >= 0.6 is 23.4 Å². The van der Waals surface area contributed by atoms with Crippen molar-refractivity contribution in [2.75, 3.05) is 5.75 Å². The van der Waals surface area contributed by atoms with Crippen LogP contribution in [0.25, 0.3) is 11.3 Å². The van der Waals surface area contributed by atoms with Crippen LogP contribution < -0.4 is 4.74 Å². The first kappa shape index (κ1) is 13.8. The molecule has 1 aromatic carbocycles. The van der Waals surface area contributed by atoms with E-state index in [4.69, 9.17) is 16.3 Å². The summed E-state index contributed by atoms with van der Waals surface area (Å²) in [7, 11) is 0. The van der Waals surface area contributed by atoms with Crippen LogP contribution in [-0.4, -0.2) is 21.3 Å². The second-order valence-corrected chi connectivity index (χ2v) is 5.12. The minimum absolute atomic E-state index is 0.184. The zero-order valence-corrected chi connectivity index (χ0v) is 11.7. The molecule has 0 atom stereocenters. The van der Waals surface area contributed by atoms with Gasteiger partial charge in [-0.2, -0.15) is 0 Å². The van der Waals surface area contributed by atoms with Gasteiger partial charge in [-0.1, -0.05) is 48.9 Å². The Hall–Kier alpha value is -1.59. The predicted molar refractivity (Wildman–Crippen MR) is 76.6 cm³/mol. The molecule has 0 saturated heterocycles. The van der Waals surface area contributed by atoms with Crippen LogP contribution in [0.1, 0.15) is 6.92 Å². The van der Waals surface area contributed by atoms with Gasteiger partial charge in [-0.05, 0) is 11.8 Å². The fraction of sp³-hybridized carbons (Fsp3) is 0.154. The van der Waals surface area contributed by atoms with E-state index >= 15 is 0 Å². The summed E-state index contributed by atoms with van der Waals surface area (Å²) in [5.74, 6) is 0.961. The molecule has 2 rings (SSSR count). The van der Waals surface area contributed by atoms with E-state index in [2.05, 4.69) is 10.2 Å². The summed E-state index contributed by atoms with van der Waals surface area (Å²) < 4.78 is 5.26. The van der Waals surface area contributed by atoms with E-state index in [0.29, 0.717) is 17.2 Å². The molecule has 1 aromatic heterocycles. The van der Waals surface area contributed by atoms with Crippen LogP contribution in [0.15, 0.2) is 36.4 Å². The van der Waals surface area contributed by atoms with Gasteiger partial charge in [0.05, 0.1) is 0 Å². The number of aromatic nitrogens is 2. The van der Waals surface area contributed by atoms with Gasteiger partial charge in [0.1, 0.15) is 5.69 Å². The molecule has 0 amide bonds. The number of thioether (sulfide) groups is 1. The Morgan fingerprint density at radius 2 is 2.05 bits per heavy atom. The van der Waals surface area contributed by atoms with E-state index in [0.717, 1.165) is 17.3 Å². The number of carbonyl (C=O) groups is 1. The second-order valence-electron chi connectivity index (χ2n) is 3.53. The molecule has 98 valence electrons. The van der Waals surface area contributed by atoms with Crippen molar-refractivity contribution in [3.05, 3.63) is 41.6 Å². The lowest BCUT2D eigenvalue weighted by molar-refractivity contribution is 0.227. The quantitative estimate of drug-likeness (QED) is 0.799. The smallest absolute Gasteiger partial charge is 0.372 e. The Bertz CT molecular complexity index is 578. The molecule has 4 nitrogen and oxygen atoms in total. The highest BCUT2D eigenvalue weighted by atomic mass is 35.5. The zero-order chi connectivity index (χ0) is 13.7. The van der Waals surface area contributed by atoms with Crippen molar-refractivity contribution in [2.45, 2.75) is 6.92 Å². The van der Waals surface area contributed by atoms with E-state index in [9.17, 15) is 4.79 Å². The average Bonchev–Trinajstić information content (AvgIpc) is 2.40. The molecule has 0 spiro atoms. The summed E-state index contributed by atoms with van der Waals surface area (Å²) in [6.07, 6.45) is 0. The minimum Gasteiger partial charge on any atom is -0.416 e. The van der Waals surface area contributed by atoms with Crippen LogP contribution in [0.2, 0.25) is 5.15 Å². The molecule has 0 saturated carbocycles. The monoisotopic (exact) mass is 294 g/mol. The molecule has 0 unspecified atom stereocenters. The Kier molecular flexibility index (Phi) is 4.76. The number of rotatable bonds is 3. The Balaban J connectivity index is 2.36. The normalized spacial score (nSPS) is 10.2. The molecule has 1 heterocycles. The van der Waals surface area contributed by atoms with Gasteiger partial charge >= 0.3 is 5.30 Å². The average molecular weight is 295 g/mol. The molecule has 19 heavy (non-hydrogen) atoms. The predicted octanol–water partition coefficient (Wildman–Crippen LogP) is 4.05. The second kappa shape index (κ2) is 6.54. The van der Waals surface area contributed by atoms with Crippen molar-refractivity contribution in [3.63, 3.8) is 0 Å². The molecule has 0 aliphatic rings. The number of halogens is 1. The standard InChI is InChI=1S/C13H11ClN2O2S/c1-2-19-13(17)18-10-8-11(14)15-16-12(10)9-6-4-3-5-7-9/h3-8H,2H2,1H3. The zero-order valence-electron chi connectivity index (χ0n) is 10.2. The third kappa shape index (κ3) is 3.68. The lowest BCUT2D eigenvalue weighted by Crippen LogP contribution is -2.04. The number of benzene rings is 1. The van der Waals surface area contributed by atoms with Crippen molar-refractivity contribution < 1.29 is 9.53 Å². The topological polar surface area (TPSA) is 52.1 Å². The van der Waals surface area contributed by atoms with Crippen LogP contribution in [0.3, 0.4) is 0 Å². The lowest BCUT2D eigenvalue weighted by Gasteiger charge is -2.08. The molecule has 0 fully saturated rings. The van der Waals surface area contributed by atoms with Crippen LogP contribution in [0, 0.1) is 0 Å². The van der Waals surface area contributed by atoms with Crippen LogP contribution in [0.4, 0.5) is 4.79 Å². The van der Waals surface area contributed by atoms with Gasteiger partial charge in [0.15, 0.2) is 10.9 Å². The highest BCUT2D eigenvalue weighted by Crippen LogP contribution is 2.29. The van der Waals surface area contributed by atoms with Gasteiger partial charge in [0, 0.05) is 17.4 Å².